The maximum atomic E-state index is 4.34. The van der Waals surface area contributed by atoms with E-state index in [-0.39, 0.29) is 0 Å². The fourth-order valence-electron chi connectivity index (χ4n) is 1.07. The highest BCUT2D eigenvalue weighted by Gasteiger charge is 2.01. The van der Waals surface area contributed by atoms with Crippen molar-refractivity contribution in [3.05, 3.63) is 18.0 Å². The average molecular weight is 239 g/mol. The van der Waals surface area contributed by atoms with E-state index in [0.717, 1.165) is 23.0 Å². The number of nitrogens with one attached hydrogen (secondary N) is 1. The molecule has 0 spiro atoms. The lowest BCUT2D eigenvalue weighted by atomic mass is 10.3. The second kappa shape index (κ2) is 6.86. The summed E-state index contributed by atoms with van der Waals surface area (Å²) in [5, 5.41) is 4.22. The Morgan fingerprint density at radius 1 is 1.19 bits per heavy atom. The molecule has 0 saturated carbocycles. The van der Waals surface area contributed by atoms with Crippen molar-refractivity contribution in [1.82, 2.24) is 15.3 Å². The van der Waals surface area contributed by atoms with Crippen LogP contribution in [0.1, 0.15) is 33.3 Å². The van der Waals surface area contributed by atoms with E-state index in [4.69, 9.17) is 0 Å². The fraction of sp³-hybridized carbons (Fsp3) is 0.667. The maximum Gasteiger partial charge on any atom is 0.187 e. The molecule has 0 fully saturated rings. The van der Waals surface area contributed by atoms with Gasteiger partial charge in [0.2, 0.25) is 0 Å². The van der Waals surface area contributed by atoms with Crippen LogP contribution in [-0.2, 0) is 6.54 Å². The molecule has 0 bridgehead atoms. The largest absolute Gasteiger partial charge is 0.310 e. The van der Waals surface area contributed by atoms with Gasteiger partial charge in [0.15, 0.2) is 5.16 Å². The Morgan fingerprint density at radius 2 is 1.81 bits per heavy atom. The molecule has 0 saturated heterocycles. The predicted octanol–water partition coefficient (Wildman–Crippen LogP) is 2.72. The molecule has 90 valence electrons. The van der Waals surface area contributed by atoms with Crippen LogP contribution in [0.25, 0.3) is 0 Å². The van der Waals surface area contributed by atoms with E-state index >= 15 is 0 Å². The molecule has 1 aromatic heterocycles. The topological polar surface area (TPSA) is 37.8 Å². The first-order chi connectivity index (χ1) is 7.58. The van der Waals surface area contributed by atoms with Crippen molar-refractivity contribution in [2.75, 3.05) is 5.75 Å². The molecule has 1 N–H and O–H groups in total. The van der Waals surface area contributed by atoms with Gasteiger partial charge in [0, 0.05) is 36.3 Å². The number of hydrogen-bond donors (Lipinski definition) is 1. The molecule has 1 rings (SSSR count). The summed E-state index contributed by atoms with van der Waals surface area (Å²) in [6, 6.07) is 0.495. The predicted molar refractivity (Wildman–Crippen MR) is 69.6 cm³/mol. The molecular weight excluding hydrogens is 218 g/mol. The number of rotatable bonds is 6. The van der Waals surface area contributed by atoms with E-state index in [9.17, 15) is 0 Å². The number of hydrogen-bond acceptors (Lipinski definition) is 4. The van der Waals surface area contributed by atoms with Gasteiger partial charge in [0.25, 0.3) is 0 Å². The highest BCUT2D eigenvalue weighted by atomic mass is 32.2. The third kappa shape index (κ3) is 5.47. The van der Waals surface area contributed by atoms with Crippen molar-refractivity contribution in [3.8, 4) is 0 Å². The summed E-state index contributed by atoms with van der Waals surface area (Å²) >= 11 is 1.72. The van der Waals surface area contributed by atoms with E-state index in [1.165, 1.54) is 0 Å². The minimum atomic E-state index is 0.495. The molecule has 3 nitrogen and oxygen atoms in total. The quantitative estimate of drug-likeness (QED) is 0.612. The van der Waals surface area contributed by atoms with Crippen molar-refractivity contribution in [2.45, 2.75) is 45.4 Å². The summed E-state index contributed by atoms with van der Waals surface area (Å²) in [5.74, 6) is 1.75. The van der Waals surface area contributed by atoms with Gasteiger partial charge in [0.1, 0.15) is 0 Å². The molecule has 0 radical (unpaired) electrons. The van der Waals surface area contributed by atoms with Gasteiger partial charge in [-0.25, -0.2) is 9.97 Å². The van der Waals surface area contributed by atoms with Gasteiger partial charge in [-0.15, -0.1) is 0 Å². The Kier molecular flexibility index (Phi) is 5.77. The summed E-state index contributed by atoms with van der Waals surface area (Å²) in [4.78, 5) is 8.68. The lowest BCUT2D eigenvalue weighted by molar-refractivity contribution is 0.585. The molecule has 0 aromatic carbocycles. The average Bonchev–Trinajstić information content (AvgIpc) is 2.25. The second-order valence-electron chi connectivity index (χ2n) is 4.61. The van der Waals surface area contributed by atoms with Crippen molar-refractivity contribution in [3.63, 3.8) is 0 Å². The van der Waals surface area contributed by atoms with Crippen LogP contribution in [0.5, 0.6) is 0 Å². The molecule has 0 atom stereocenters. The first kappa shape index (κ1) is 13.5. The smallest absolute Gasteiger partial charge is 0.187 e. The molecule has 0 aliphatic heterocycles. The maximum absolute atomic E-state index is 4.34. The minimum Gasteiger partial charge on any atom is -0.310 e. The monoisotopic (exact) mass is 239 g/mol. The standard InChI is InChI=1S/C12H21N3S/c1-9(2)8-16-12-14-6-11(7-15-12)5-13-10(3)4/h6-7,9-10,13H,5,8H2,1-4H3. The normalized spacial score (nSPS) is 11.4. The van der Waals surface area contributed by atoms with Crippen LogP contribution in [0, 0.1) is 5.92 Å². The molecule has 16 heavy (non-hydrogen) atoms. The van der Waals surface area contributed by atoms with Crippen LogP contribution in [0.15, 0.2) is 17.6 Å². The first-order valence-electron chi connectivity index (χ1n) is 5.75. The van der Waals surface area contributed by atoms with Gasteiger partial charge in [-0.05, 0) is 5.92 Å². The summed E-state index contributed by atoms with van der Waals surface area (Å²) in [5.41, 5.74) is 1.14. The SMILES string of the molecule is CC(C)CSc1ncc(CNC(C)C)cn1. The van der Waals surface area contributed by atoms with Crippen LogP contribution in [0.3, 0.4) is 0 Å². The zero-order chi connectivity index (χ0) is 12.0. The van der Waals surface area contributed by atoms with Crippen LogP contribution >= 0.6 is 11.8 Å². The van der Waals surface area contributed by atoms with E-state index < -0.39 is 0 Å². The van der Waals surface area contributed by atoms with Gasteiger partial charge in [-0.2, -0.15) is 0 Å². The molecule has 0 amide bonds. The van der Waals surface area contributed by atoms with Gasteiger partial charge >= 0.3 is 0 Å². The zero-order valence-electron chi connectivity index (χ0n) is 10.5. The lowest BCUT2D eigenvalue weighted by Gasteiger charge is -2.08. The fourth-order valence-corrected chi connectivity index (χ4v) is 1.81. The Balaban J connectivity index is 2.41. The van der Waals surface area contributed by atoms with Gasteiger partial charge in [0.05, 0.1) is 0 Å². The Morgan fingerprint density at radius 3 is 2.31 bits per heavy atom. The lowest BCUT2D eigenvalue weighted by Crippen LogP contribution is -2.21. The molecule has 1 heterocycles. The zero-order valence-corrected chi connectivity index (χ0v) is 11.3. The Labute approximate surface area is 102 Å². The van der Waals surface area contributed by atoms with Crippen molar-refractivity contribution >= 4 is 11.8 Å². The molecule has 4 heteroatoms. The molecular formula is C12H21N3S. The van der Waals surface area contributed by atoms with E-state index in [0.29, 0.717) is 12.0 Å². The second-order valence-corrected chi connectivity index (χ2v) is 5.60. The summed E-state index contributed by atoms with van der Waals surface area (Å²) in [6.07, 6.45) is 3.82. The van der Waals surface area contributed by atoms with Crippen LogP contribution in [0.4, 0.5) is 0 Å². The van der Waals surface area contributed by atoms with Gasteiger partial charge < -0.3 is 5.32 Å². The Bertz CT molecular complexity index is 265. The number of thioether (sulfide) groups is 1. The third-order valence-electron chi connectivity index (χ3n) is 1.94. The van der Waals surface area contributed by atoms with Crippen LogP contribution < -0.4 is 5.32 Å². The van der Waals surface area contributed by atoms with E-state index in [2.05, 4.69) is 43.0 Å². The van der Waals surface area contributed by atoms with Gasteiger partial charge in [-0.1, -0.05) is 39.5 Å². The van der Waals surface area contributed by atoms with Crippen molar-refractivity contribution in [2.24, 2.45) is 5.92 Å². The summed E-state index contributed by atoms with van der Waals surface area (Å²) in [7, 11) is 0. The van der Waals surface area contributed by atoms with E-state index in [1.807, 2.05) is 12.4 Å². The summed E-state index contributed by atoms with van der Waals surface area (Å²) < 4.78 is 0. The highest BCUT2D eigenvalue weighted by molar-refractivity contribution is 7.99. The van der Waals surface area contributed by atoms with E-state index in [1.54, 1.807) is 11.8 Å². The molecule has 0 aliphatic carbocycles. The van der Waals surface area contributed by atoms with Crippen LogP contribution in [0.2, 0.25) is 0 Å². The van der Waals surface area contributed by atoms with Gasteiger partial charge in [-0.3, -0.25) is 0 Å². The molecule has 0 aliphatic rings. The highest BCUT2D eigenvalue weighted by Crippen LogP contribution is 2.15. The molecule has 1 aromatic rings. The summed E-state index contributed by atoms with van der Waals surface area (Å²) in [6.45, 7) is 9.51. The third-order valence-corrected chi connectivity index (χ3v) is 3.24. The van der Waals surface area contributed by atoms with Crippen LogP contribution in [-0.4, -0.2) is 21.8 Å². The number of aromatic nitrogens is 2. The molecule has 0 unspecified atom stereocenters. The first-order valence-corrected chi connectivity index (χ1v) is 6.73. The Hall–Kier alpha value is -0.610. The van der Waals surface area contributed by atoms with Crippen molar-refractivity contribution in [1.29, 1.82) is 0 Å². The van der Waals surface area contributed by atoms with Crippen molar-refractivity contribution < 1.29 is 0 Å². The number of nitrogens with zero attached hydrogens (tertiary/aromatic N) is 2. The minimum absolute atomic E-state index is 0.495.